The quantitative estimate of drug-likeness (QED) is 0.272. The molecule has 8 nitrogen and oxygen atoms in total. The Morgan fingerprint density at radius 1 is 1.00 bits per heavy atom. The van der Waals surface area contributed by atoms with Gasteiger partial charge in [0.15, 0.2) is 0 Å². The number of ether oxygens (including phenoxy) is 2. The average Bonchev–Trinajstić information content (AvgIpc) is 3.55. The number of alkyl carbamates (subject to hydrolysis) is 1. The zero-order chi connectivity index (χ0) is 31.2. The molecular weight excluding hydrogens is 552 g/mol. The van der Waals surface area contributed by atoms with Crippen LogP contribution in [0, 0.1) is 18.8 Å². The van der Waals surface area contributed by atoms with Crippen molar-refractivity contribution in [2.75, 3.05) is 25.6 Å². The smallest absolute Gasteiger partial charge is 0.407 e. The van der Waals surface area contributed by atoms with Crippen molar-refractivity contribution in [2.24, 2.45) is 11.8 Å². The number of aromatic nitrogens is 2. The molecule has 1 heterocycles. The summed E-state index contributed by atoms with van der Waals surface area (Å²) in [5.74, 6) is 2.02. The third kappa shape index (κ3) is 7.45. The van der Waals surface area contributed by atoms with E-state index in [1.54, 1.807) is 14.2 Å². The van der Waals surface area contributed by atoms with Crippen LogP contribution in [0.1, 0.15) is 88.3 Å². The third-order valence-corrected chi connectivity index (χ3v) is 9.57. The summed E-state index contributed by atoms with van der Waals surface area (Å²) < 4.78 is 12.9. The van der Waals surface area contributed by atoms with E-state index in [9.17, 15) is 9.59 Å². The molecule has 44 heavy (non-hydrogen) atoms. The first-order valence-corrected chi connectivity index (χ1v) is 16.2. The van der Waals surface area contributed by atoms with Gasteiger partial charge in [0, 0.05) is 43.0 Å². The van der Waals surface area contributed by atoms with Crippen molar-refractivity contribution in [3.8, 4) is 16.9 Å². The fourth-order valence-electron chi connectivity index (χ4n) is 6.90. The molecule has 2 amide bonds. The highest BCUT2D eigenvalue weighted by Crippen LogP contribution is 2.39. The molecule has 2 aliphatic rings. The number of nitrogens with one attached hydrogen (secondary N) is 1. The van der Waals surface area contributed by atoms with Crippen molar-refractivity contribution in [3.63, 3.8) is 0 Å². The molecule has 0 unspecified atom stereocenters. The first-order chi connectivity index (χ1) is 21.2. The molecule has 0 aliphatic heterocycles. The van der Waals surface area contributed by atoms with Gasteiger partial charge < -0.3 is 19.7 Å². The van der Waals surface area contributed by atoms with Crippen LogP contribution in [-0.4, -0.2) is 48.6 Å². The van der Waals surface area contributed by atoms with Crippen LogP contribution >= 0.6 is 0 Å². The summed E-state index contributed by atoms with van der Waals surface area (Å²) in [6.45, 7) is 7.06. The van der Waals surface area contributed by atoms with Crippen LogP contribution in [0.2, 0.25) is 0 Å². The lowest BCUT2D eigenvalue weighted by Crippen LogP contribution is -2.42. The third-order valence-electron chi connectivity index (χ3n) is 9.57. The number of benzene rings is 2. The molecule has 0 saturated heterocycles. The van der Waals surface area contributed by atoms with Crippen LogP contribution in [0.3, 0.4) is 0 Å². The van der Waals surface area contributed by atoms with E-state index in [1.165, 1.54) is 11.1 Å². The minimum atomic E-state index is -0.403. The van der Waals surface area contributed by atoms with Crippen molar-refractivity contribution in [1.82, 2.24) is 15.1 Å². The Balaban J connectivity index is 1.32. The van der Waals surface area contributed by atoms with Crippen molar-refractivity contribution in [3.05, 3.63) is 66.0 Å². The standard InChI is InChI=1S/C36H48N4O4/c1-24(2)40-23-31(21-38-40)29-7-6-8-32(20-29)39(35(41)28-13-16-33(17-14-28)44-36(42)37-4)22-26-9-11-27(12-10-26)30-15-18-34(43-5)25(3)19-30/h6-8,15,18-21,23-24,26-28,33H,9-14,16-17,22H2,1-5H3,(H,37,42). The van der Waals surface area contributed by atoms with E-state index in [0.29, 0.717) is 24.7 Å². The zero-order valence-electron chi connectivity index (χ0n) is 26.9. The summed E-state index contributed by atoms with van der Waals surface area (Å²) in [6.07, 6.45) is 10.7. The lowest BCUT2D eigenvalue weighted by molar-refractivity contribution is -0.124. The van der Waals surface area contributed by atoms with Gasteiger partial charge in [-0.2, -0.15) is 5.10 Å². The molecule has 0 spiro atoms. The van der Waals surface area contributed by atoms with E-state index in [2.05, 4.69) is 84.7 Å². The summed E-state index contributed by atoms with van der Waals surface area (Å²) in [5, 5.41) is 7.07. The van der Waals surface area contributed by atoms with E-state index >= 15 is 0 Å². The van der Waals surface area contributed by atoms with Gasteiger partial charge in [-0.3, -0.25) is 9.48 Å². The fourth-order valence-corrected chi connectivity index (χ4v) is 6.90. The van der Waals surface area contributed by atoms with E-state index < -0.39 is 6.09 Å². The Hall–Kier alpha value is -3.81. The fraction of sp³-hybridized carbons (Fsp3) is 0.528. The number of rotatable bonds is 9. The molecule has 3 aromatic rings. The summed E-state index contributed by atoms with van der Waals surface area (Å²) >= 11 is 0. The van der Waals surface area contributed by atoms with E-state index in [4.69, 9.17) is 9.47 Å². The Kier molecular flexibility index (Phi) is 10.3. The lowest BCUT2D eigenvalue weighted by atomic mass is 9.78. The number of carbonyl (C=O) groups excluding carboxylic acids is 2. The molecule has 2 aliphatic carbocycles. The van der Waals surface area contributed by atoms with Gasteiger partial charge in [0.25, 0.3) is 0 Å². The van der Waals surface area contributed by atoms with Crippen LogP contribution in [0.5, 0.6) is 5.75 Å². The lowest BCUT2D eigenvalue weighted by Gasteiger charge is -2.36. The molecule has 0 radical (unpaired) electrons. The summed E-state index contributed by atoms with van der Waals surface area (Å²) in [6, 6.07) is 15.2. The van der Waals surface area contributed by atoms with Gasteiger partial charge in [-0.25, -0.2) is 4.79 Å². The number of hydrogen-bond acceptors (Lipinski definition) is 5. The average molecular weight is 601 g/mol. The molecule has 0 atom stereocenters. The maximum Gasteiger partial charge on any atom is 0.407 e. The largest absolute Gasteiger partial charge is 0.496 e. The first-order valence-electron chi connectivity index (χ1n) is 16.2. The van der Waals surface area contributed by atoms with Crippen LogP contribution in [-0.2, 0) is 9.53 Å². The minimum absolute atomic E-state index is 0.0782. The van der Waals surface area contributed by atoms with Crippen molar-refractivity contribution >= 4 is 17.7 Å². The van der Waals surface area contributed by atoms with Crippen molar-refractivity contribution in [1.29, 1.82) is 0 Å². The van der Waals surface area contributed by atoms with E-state index in [-0.39, 0.29) is 24.0 Å². The van der Waals surface area contributed by atoms with Gasteiger partial charge in [0.1, 0.15) is 11.9 Å². The monoisotopic (exact) mass is 600 g/mol. The summed E-state index contributed by atoms with van der Waals surface area (Å²) in [4.78, 5) is 28.1. The second-order valence-corrected chi connectivity index (χ2v) is 12.9. The number of aryl methyl sites for hydroxylation is 1. The highest BCUT2D eigenvalue weighted by molar-refractivity contribution is 5.95. The number of anilines is 1. The van der Waals surface area contributed by atoms with Crippen molar-refractivity contribution < 1.29 is 19.1 Å². The minimum Gasteiger partial charge on any atom is -0.496 e. The highest BCUT2D eigenvalue weighted by Gasteiger charge is 2.33. The number of amides is 2. The second kappa shape index (κ2) is 14.3. The molecular formula is C36H48N4O4. The SMILES string of the molecule is CNC(=O)OC1CCC(C(=O)N(CC2CCC(c3ccc(OC)c(C)c3)CC2)c2cccc(-c3cnn(C(C)C)c3)c2)CC1. The number of carbonyl (C=O) groups is 2. The maximum atomic E-state index is 14.3. The molecule has 2 saturated carbocycles. The Morgan fingerprint density at radius 3 is 2.39 bits per heavy atom. The van der Waals surface area contributed by atoms with Gasteiger partial charge >= 0.3 is 6.09 Å². The zero-order valence-corrected chi connectivity index (χ0v) is 26.9. The number of methoxy groups -OCH3 is 1. The van der Waals surface area contributed by atoms with Crippen LogP contribution in [0.4, 0.5) is 10.5 Å². The van der Waals surface area contributed by atoms with Gasteiger partial charge in [-0.1, -0.05) is 24.3 Å². The van der Waals surface area contributed by atoms with Crippen molar-refractivity contribution in [2.45, 2.75) is 90.2 Å². The van der Waals surface area contributed by atoms with E-state index in [1.807, 2.05) is 10.9 Å². The van der Waals surface area contributed by atoms with Crippen LogP contribution in [0.15, 0.2) is 54.9 Å². The van der Waals surface area contributed by atoms with Gasteiger partial charge in [0.2, 0.25) is 5.91 Å². The summed E-state index contributed by atoms with van der Waals surface area (Å²) in [5.41, 5.74) is 5.63. The molecule has 2 fully saturated rings. The second-order valence-electron chi connectivity index (χ2n) is 12.9. The molecule has 5 rings (SSSR count). The molecule has 1 aromatic heterocycles. The Bertz CT molecular complexity index is 1420. The summed E-state index contributed by atoms with van der Waals surface area (Å²) in [7, 11) is 3.29. The number of hydrogen-bond donors (Lipinski definition) is 1. The molecule has 1 N–H and O–H groups in total. The predicted octanol–water partition coefficient (Wildman–Crippen LogP) is 7.67. The number of nitrogens with zero attached hydrogens (tertiary/aromatic N) is 3. The molecule has 8 heteroatoms. The van der Waals surface area contributed by atoms with Gasteiger partial charge in [0.05, 0.1) is 13.3 Å². The van der Waals surface area contributed by atoms with Gasteiger partial charge in [-0.15, -0.1) is 0 Å². The Morgan fingerprint density at radius 2 is 1.75 bits per heavy atom. The Labute approximate surface area is 262 Å². The molecule has 236 valence electrons. The van der Waals surface area contributed by atoms with Crippen LogP contribution in [0.25, 0.3) is 11.1 Å². The molecule has 2 aromatic carbocycles. The predicted molar refractivity (Wildman–Crippen MR) is 174 cm³/mol. The van der Waals surface area contributed by atoms with E-state index in [0.717, 1.165) is 67.6 Å². The first kappa shape index (κ1) is 31.6. The normalized spacial score (nSPS) is 22.0. The van der Waals surface area contributed by atoms with Crippen LogP contribution < -0.4 is 15.0 Å². The topological polar surface area (TPSA) is 85.7 Å². The van der Waals surface area contributed by atoms with Gasteiger partial charge in [-0.05, 0) is 119 Å². The maximum absolute atomic E-state index is 14.3. The molecule has 0 bridgehead atoms. The highest BCUT2D eigenvalue weighted by atomic mass is 16.6.